The van der Waals surface area contributed by atoms with Gasteiger partial charge in [0.25, 0.3) is 0 Å². The van der Waals surface area contributed by atoms with Crippen LogP contribution in [0.1, 0.15) is 16.8 Å². The monoisotopic (exact) mass is 374 g/mol. The summed E-state index contributed by atoms with van der Waals surface area (Å²) in [4.78, 5) is 9.14. The van der Waals surface area contributed by atoms with Crippen molar-refractivity contribution in [1.29, 1.82) is 0 Å². The molecular formula is C19H23ClN4S. The molecule has 2 aromatic rings. The minimum atomic E-state index is 0.750. The zero-order valence-electron chi connectivity index (χ0n) is 14.6. The number of aryl methyl sites for hydroxylation is 2. The summed E-state index contributed by atoms with van der Waals surface area (Å²) in [6.07, 6.45) is 0. The fourth-order valence-electron chi connectivity index (χ4n) is 3.10. The summed E-state index contributed by atoms with van der Waals surface area (Å²) in [6.45, 7) is 8.78. The van der Waals surface area contributed by atoms with Gasteiger partial charge in [-0.05, 0) is 61.5 Å². The van der Waals surface area contributed by atoms with Gasteiger partial charge in [-0.25, -0.2) is 4.98 Å². The predicted octanol–water partition coefficient (Wildman–Crippen LogP) is 3.87. The van der Waals surface area contributed by atoms with Crippen molar-refractivity contribution >= 4 is 34.7 Å². The molecule has 3 rings (SSSR count). The summed E-state index contributed by atoms with van der Waals surface area (Å²) in [5.74, 6) is 0.823. The Labute approximate surface area is 159 Å². The van der Waals surface area contributed by atoms with Crippen molar-refractivity contribution in [2.45, 2.75) is 20.4 Å². The second-order valence-electron chi connectivity index (χ2n) is 6.49. The Hall–Kier alpha value is -1.69. The molecule has 0 radical (unpaired) electrons. The third-order valence-electron chi connectivity index (χ3n) is 4.29. The highest BCUT2D eigenvalue weighted by molar-refractivity contribution is 7.80. The first-order valence-corrected chi connectivity index (χ1v) is 9.26. The lowest BCUT2D eigenvalue weighted by atomic mass is 10.2. The van der Waals surface area contributed by atoms with Crippen LogP contribution in [0, 0.1) is 13.8 Å². The van der Waals surface area contributed by atoms with Crippen molar-refractivity contribution in [1.82, 2.24) is 14.8 Å². The van der Waals surface area contributed by atoms with Crippen LogP contribution in [0.2, 0.25) is 5.02 Å². The van der Waals surface area contributed by atoms with E-state index < -0.39 is 0 Å². The molecule has 0 atom stereocenters. The predicted molar refractivity (Wildman–Crippen MR) is 108 cm³/mol. The van der Waals surface area contributed by atoms with Crippen molar-refractivity contribution in [2.24, 2.45) is 0 Å². The van der Waals surface area contributed by atoms with Crippen molar-refractivity contribution in [2.75, 3.05) is 31.5 Å². The highest BCUT2D eigenvalue weighted by atomic mass is 35.5. The Morgan fingerprint density at radius 2 is 1.92 bits per heavy atom. The van der Waals surface area contributed by atoms with Gasteiger partial charge in [-0.3, -0.25) is 4.90 Å². The molecule has 0 bridgehead atoms. The zero-order chi connectivity index (χ0) is 17.8. The number of benzene rings is 1. The van der Waals surface area contributed by atoms with Gasteiger partial charge in [-0.15, -0.1) is 0 Å². The summed E-state index contributed by atoms with van der Waals surface area (Å²) < 4.78 is 0. The lowest BCUT2D eigenvalue weighted by Gasteiger charge is -2.36. The van der Waals surface area contributed by atoms with Crippen LogP contribution in [0.15, 0.2) is 36.4 Å². The van der Waals surface area contributed by atoms with E-state index in [1.165, 1.54) is 11.1 Å². The van der Waals surface area contributed by atoms with Crippen molar-refractivity contribution in [3.05, 3.63) is 58.2 Å². The summed E-state index contributed by atoms with van der Waals surface area (Å²) >= 11 is 11.6. The molecule has 0 spiro atoms. The molecule has 1 N–H and O–H groups in total. The maximum atomic E-state index is 6.07. The van der Waals surface area contributed by atoms with Crippen LogP contribution < -0.4 is 5.32 Å². The molecule has 132 valence electrons. The summed E-state index contributed by atoms with van der Waals surface area (Å²) in [5, 5.41) is 4.82. The van der Waals surface area contributed by atoms with Crippen molar-refractivity contribution < 1.29 is 0 Å². The van der Waals surface area contributed by atoms with Crippen LogP contribution >= 0.6 is 23.8 Å². The number of halogens is 1. The van der Waals surface area contributed by atoms with Gasteiger partial charge in [0.2, 0.25) is 0 Å². The first-order valence-electron chi connectivity index (χ1n) is 8.47. The number of pyridine rings is 1. The third-order valence-corrected chi connectivity index (χ3v) is 4.88. The molecule has 1 fully saturated rings. The van der Waals surface area contributed by atoms with E-state index in [4.69, 9.17) is 23.8 Å². The average Bonchev–Trinajstić information content (AvgIpc) is 2.54. The van der Waals surface area contributed by atoms with E-state index in [1.807, 2.05) is 31.2 Å². The normalized spacial score (nSPS) is 15.2. The van der Waals surface area contributed by atoms with E-state index in [-0.39, 0.29) is 0 Å². The molecule has 1 aromatic heterocycles. The lowest BCUT2D eigenvalue weighted by molar-refractivity contribution is 0.177. The fourth-order valence-corrected chi connectivity index (χ4v) is 3.60. The summed E-state index contributed by atoms with van der Waals surface area (Å²) in [6, 6.07) is 12.2. The molecule has 4 nitrogen and oxygen atoms in total. The molecule has 0 saturated carbocycles. The Morgan fingerprint density at radius 3 is 2.60 bits per heavy atom. The smallest absolute Gasteiger partial charge is 0.174 e. The fraction of sp³-hybridized carbons (Fsp3) is 0.368. The van der Waals surface area contributed by atoms with Crippen LogP contribution in [-0.4, -0.2) is 46.1 Å². The number of thiocarbonyl (C=S) groups is 1. The van der Waals surface area contributed by atoms with E-state index in [9.17, 15) is 0 Å². The molecule has 0 unspecified atom stereocenters. The van der Waals surface area contributed by atoms with Crippen LogP contribution in [0.25, 0.3) is 0 Å². The van der Waals surface area contributed by atoms with Gasteiger partial charge in [0.15, 0.2) is 5.11 Å². The van der Waals surface area contributed by atoms with Crippen LogP contribution in [0.5, 0.6) is 0 Å². The maximum Gasteiger partial charge on any atom is 0.174 e. The average molecular weight is 375 g/mol. The minimum Gasteiger partial charge on any atom is -0.346 e. The third kappa shape index (κ3) is 5.14. The van der Waals surface area contributed by atoms with Gasteiger partial charge >= 0.3 is 0 Å². The number of nitrogens with one attached hydrogen (secondary N) is 1. The number of aromatic nitrogens is 1. The second-order valence-corrected chi connectivity index (χ2v) is 7.32. The van der Waals surface area contributed by atoms with Gasteiger partial charge in [0.05, 0.1) is 0 Å². The highest BCUT2D eigenvalue weighted by Crippen LogP contribution is 2.15. The number of piperazine rings is 1. The molecule has 0 aliphatic carbocycles. The maximum absolute atomic E-state index is 6.07. The Bertz CT molecular complexity index is 737. The van der Waals surface area contributed by atoms with E-state index in [0.717, 1.165) is 54.4 Å². The molecule has 1 aromatic carbocycles. The molecule has 2 heterocycles. The molecule has 1 aliphatic heterocycles. The SMILES string of the molecule is Cc1cc(C)nc(NC(=S)N2CCN(Cc3cccc(Cl)c3)CC2)c1. The standard InChI is InChI=1S/C19H23ClN4S/c1-14-10-15(2)21-18(11-14)22-19(25)24-8-6-23(7-9-24)13-16-4-3-5-17(20)12-16/h3-5,10-12H,6-9,13H2,1-2H3,(H,21,22,25). The molecular weight excluding hydrogens is 352 g/mol. The van der Waals surface area contributed by atoms with Gasteiger partial charge < -0.3 is 10.2 Å². The zero-order valence-corrected chi connectivity index (χ0v) is 16.2. The van der Waals surface area contributed by atoms with E-state index in [2.05, 4.69) is 39.2 Å². The van der Waals surface area contributed by atoms with Gasteiger partial charge in [-0.2, -0.15) is 0 Å². The first kappa shape index (κ1) is 18.1. The highest BCUT2D eigenvalue weighted by Gasteiger charge is 2.19. The largest absolute Gasteiger partial charge is 0.346 e. The Kier molecular flexibility index (Phi) is 5.89. The number of rotatable bonds is 3. The van der Waals surface area contributed by atoms with Crippen LogP contribution in [0.4, 0.5) is 5.82 Å². The first-order chi connectivity index (χ1) is 12.0. The minimum absolute atomic E-state index is 0.750. The van der Waals surface area contributed by atoms with E-state index >= 15 is 0 Å². The van der Waals surface area contributed by atoms with Gasteiger partial charge in [0, 0.05) is 43.4 Å². The molecule has 25 heavy (non-hydrogen) atoms. The summed E-state index contributed by atoms with van der Waals surface area (Å²) in [7, 11) is 0. The molecule has 1 saturated heterocycles. The van der Waals surface area contributed by atoms with Crippen LogP contribution in [0.3, 0.4) is 0 Å². The second kappa shape index (κ2) is 8.13. The quantitative estimate of drug-likeness (QED) is 0.824. The van der Waals surface area contributed by atoms with Gasteiger partial charge in [0.1, 0.15) is 5.82 Å². The number of anilines is 1. The molecule has 1 aliphatic rings. The molecule has 0 amide bonds. The Balaban J connectivity index is 1.52. The van der Waals surface area contributed by atoms with Crippen molar-refractivity contribution in [3.63, 3.8) is 0 Å². The van der Waals surface area contributed by atoms with E-state index in [1.54, 1.807) is 0 Å². The van der Waals surface area contributed by atoms with Crippen molar-refractivity contribution in [3.8, 4) is 0 Å². The number of hydrogen-bond acceptors (Lipinski definition) is 3. The van der Waals surface area contributed by atoms with E-state index in [0.29, 0.717) is 0 Å². The topological polar surface area (TPSA) is 31.4 Å². The summed E-state index contributed by atoms with van der Waals surface area (Å²) in [5.41, 5.74) is 3.43. The van der Waals surface area contributed by atoms with Crippen LogP contribution in [-0.2, 0) is 6.54 Å². The Morgan fingerprint density at radius 1 is 1.16 bits per heavy atom. The number of nitrogens with zero attached hydrogens (tertiary/aromatic N) is 3. The lowest BCUT2D eigenvalue weighted by Crippen LogP contribution is -2.49. The number of hydrogen-bond donors (Lipinski definition) is 1. The van der Waals surface area contributed by atoms with Gasteiger partial charge in [-0.1, -0.05) is 23.7 Å². The molecule has 6 heteroatoms.